The standard InChI is InChI=1S/C34H54O13S/c1-16(2)17(3)23(35)15-34(6,41)25-8-7-20-19-14-24(47-48(42,43)44)22-13-18(9-11-32(22,4)21(19)10-12-33(20,25)5)45-31-28(38)26(36)27(37)29(46-31)30(39)40/h10,16-20,22,24-29,31,36-38,41H,7-9,11-15H2,1-6H3,(H,39,40)(H,42,43,44)/t17-,18-,19-,20-,22+,24-,25-,26-,27-,28+,29-,31+,32+,33-,34-/m0/s1. The van der Waals surface area contributed by atoms with Crippen molar-refractivity contribution >= 4 is 22.2 Å². The fourth-order valence-electron chi connectivity index (χ4n) is 10.3. The first kappa shape index (κ1) is 37.8. The normalized spacial score (nSPS) is 44.9. The van der Waals surface area contributed by atoms with Gasteiger partial charge in [-0.1, -0.05) is 46.3 Å². The van der Waals surface area contributed by atoms with Gasteiger partial charge in [-0.3, -0.25) is 9.35 Å². The average Bonchev–Trinajstić information content (AvgIpc) is 3.34. The third-order valence-electron chi connectivity index (χ3n) is 13.1. The van der Waals surface area contributed by atoms with Crippen molar-refractivity contribution in [2.24, 2.45) is 46.3 Å². The van der Waals surface area contributed by atoms with Crippen LogP contribution in [0.4, 0.5) is 0 Å². The predicted octanol–water partition coefficient (Wildman–Crippen LogP) is 2.64. The molecule has 274 valence electrons. The van der Waals surface area contributed by atoms with Crippen LogP contribution < -0.4 is 0 Å². The van der Waals surface area contributed by atoms with Crippen molar-refractivity contribution in [2.45, 2.75) is 141 Å². The minimum absolute atomic E-state index is 0.0398. The molecule has 48 heavy (non-hydrogen) atoms. The maximum Gasteiger partial charge on any atom is 0.397 e. The number of aliphatic hydroxyl groups excluding tert-OH is 3. The second-order valence-corrected chi connectivity index (χ2v) is 17.4. The lowest BCUT2D eigenvalue weighted by Crippen LogP contribution is -2.61. The van der Waals surface area contributed by atoms with Crippen LogP contribution in [0.5, 0.6) is 0 Å². The largest absolute Gasteiger partial charge is 0.479 e. The van der Waals surface area contributed by atoms with Crippen LogP contribution in [-0.2, 0) is 33.6 Å². The molecule has 0 radical (unpaired) electrons. The van der Waals surface area contributed by atoms with E-state index in [2.05, 4.69) is 19.9 Å². The first-order chi connectivity index (χ1) is 22.1. The molecule has 4 aliphatic carbocycles. The van der Waals surface area contributed by atoms with Gasteiger partial charge in [-0.2, -0.15) is 8.42 Å². The summed E-state index contributed by atoms with van der Waals surface area (Å²) >= 11 is 0. The number of ketones is 1. The van der Waals surface area contributed by atoms with E-state index in [9.17, 15) is 48.1 Å². The van der Waals surface area contributed by atoms with Crippen molar-refractivity contribution < 1.29 is 61.7 Å². The van der Waals surface area contributed by atoms with Gasteiger partial charge < -0.3 is 35.0 Å². The molecule has 0 aromatic carbocycles. The maximum absolute atomic E-state index is 13.1. The number of aliphatic hydroxyl groups is 4. The van der Waals surface area contributed by atoms with Crippen molar-refractivity contribution in [3.63, 3.8) is 0 Å². The Morgan fingerprint density at radius 3 is 2.31 bits per heavy atom. The fraction of sp³-hybridized carbons (Fsp3) is 0.882. The van der Waals surface area contributed by atoms with Crippen LogP contribution in [0.3, 0.4) is 0 Å². The van der Waals surface area contributed by atoms with Crippen molar-refractivity contribution in [1.29, 1.82) is 0 Å². The summed E-state index contributed by atoms with van der Waals surface area (Å²) in [5.41, 5.74) is -0.933. The van der Waals surface area contributed by atoms with Gasteiger partial charge in [0.25, 0.3) is 0 Å². The molecule has 15 atom stereocenters. The Balaban J connectivity index is 1.40. The number of fused-ring (bicyclic) bond motifs is 5. The van der Waals surface area contributed by atoms with Crippen LogP contribution in [0.2, 0.25) is 0 Å². The van der Waals surface area contributed by atoms with Crippen LogP contribution in [-0.4, -0.2) is 98.8 Å². The molecular formula is C34H54O13S. The highest BCUT2D eigenvalue weighted by molar-refractivity contribution is 7.80. The number of aliphatic carboxylic acids is 1. The van der Waals surface area contributed by atoms with Crippen LogP contribution in [0, 0.1) is 46.3 Å². The lowest BCUT2D eigenvalue weighted by atomic mass is 9.47. The molecule has 1 aliphatic heterocycles. The van der Waals surface area contributed by atoms with Crippen molar-refractivity contribution in [2.75, 3.05) is 0 Å². The average molecular weight is 703 g/mol. The third-order valence-corrected chi connectivity index (χ3v) is 13.6. The first-order valence-electron chi connectivity index (χ1n) is 17.3. The zero-order chi connectivity index (χ0) is 35.7. The summed E-state index contributed by atoms with van der Waals surface area (Å²) in [6.45, 7) is 11.9. The first-order valence-corrected chi connectivity index (χ1v) is 18.7. The van der Waals surface area contributed by atoms with Gasteiger partial charge in [-0.15, -0.1) is 0 Å². The number of hydrogen-bond acceptors (Lipinski definition) is 11. The lowest BCUT2D eigenvalue weighted by molar-refractivity contribution is -0.309. The van der Waals surface area contributed by atoms with E-state index in [4.69, 9.17) is 13.7 Å². The van der Waals surface area contributed by atoms with E-state index in [1.807, 2.05) is 20.8 Å². The zero-order valence-electron chi connectivity index (χ0n) is 28.7. The summed E-state index contributed by atoms with van der Waals surface area (Å²) in [6.07, 6.45) is -4.35. The highest BCUT2D eigenvalue weighted by atomic mass is 32.3. The SMILES string of the molecule is CC(C)[C@H](C)C(=O)C[C@](C)(O)[C@H]1CC[C@H]2[C@@H]3C[C@H](OS(=O)(=O)O)[C@H]4C[C@@H](O[C@@H]5O[C@H](C(=O)O)[C@@H](O)[C@H](O)[C@H]5O)CC[C@]4(C)C3=CC[C@@]21C. The Bertz CT molecular complexity index is 1380. The number of carboxylic acids is 1. The fourth-order valence-corrected chi connectivity index (χ4v) is 10.8. The molecule has 1 saturated heterocycles. The Hall–Kier alpha value is -1.49. The maximum atomic E-state index is 13.1. The Morgan fingerprint density at radius 2 is 1.71 bits per heavy atom. The Morgan fingerprint density at radius 1 is 1.04 bits per heavy atom. The second kappa shape index (κ2) is 13.2. The summed E-state index contributed by atoms with van der Waals surface area (Å²) in [4.78, 5) is 24.7. The van der Waals surface area contributed by atoms with Crippen molar-refractivity contribution in [3.05, 3.63) is 11.6 Å². The summed E-state index contributed by atoms with van der Waals surface area (Å²) in [5.74, 6) is -2.11. The van der Waals surface area contributed by atoms with Crippen LogP contribution >= 0.6 is 0 Å². The van der Waals surface area contributed by atoms with Crippen molar-refractivity contribution in [1.82, 2.24) is 0 Å². The van der Waals surface area contributed by atoms with Gasteiger partial charge in [0, 0.05) is 12.3 Å². The molecule has 0 aromatic rings. The quantitative estimate of drug-likeness (QED) is 0.110. The minimum atomic E-state index is -4.85. The molecule has 3 saturated carbocycles. The molecule has 0 aromatic heterocycles. The minimum Gasteiger partial charge on any atom is -0.479 e. The molecule has 0 bridgehead atoms. The van der Waals surface area contributed by atoms with Crippen molar-refractivity contribution in [3.8, 4) is 0 Å². The summed E-state index contributed by atoms with van der Waals surface area (Å²) < 4.78 is 51.0. The molecule has 0 unspecified atom stereocenters. The molecule has 5 aliphatic rings. The van der Waals surface area contributed by atoms with Gasteiger partial charge >= 0.3 is 16.4 Å². The van der Waals surface area contributed by atoms with Gasteiger partial charge in [0.05, 0.1) is 17.8 Å². The number of ether oxygens (including phenoxy) is 2. The monoisotopic (exact) mass is 702 g/mol. The highest BCUT2D eigenvalue weighted by Crippen LogP contribution is 2.67. The van der Waals surface area contributed by atoms with Gasteiger partial charge in [0.2, 0.25) is 0 Å². The Labute approximate surface area is 283 Å². The van der Waals surface area contributed by atoms with Crippen LogP contribution in [0.15, 0.2) is 11.6 Å². The summed E-state index contributed by atoms with van der Waals surface area (Å²) in [6, 6.07) is 0. The number of allylic oxidation sites excluding steroid dienone is 2. The van der Waals surface area contributed by atoms with E-state index in [-0.39, 0.29) is 53.6 Å². The molecule has 5 rings (SSSR count). The molecular weight excluding hydrogens is 648 g/mol. The number of carboxylic acid groups (broad SMARTS) is 1. The van der Waals surface area contributed by atoms with Gasteiger partial charge in [-0.25, -0.2) is 8.98 Å². The molecule has 6 N–H and O–H groups in total. The summed E-state index contributed by atoms with van der Waals surface area (Å²) in [7, 11) is -4.85. The number of rotatable bonds is 10. The van der Waals surface area contributed by atoms with Gasteiger partial charge in [0.1, 0.15) is 24.1 Å². The van der Waals surface area contributed by atoms with E-state index in [0.29, 0.717) is 25.7 Å². The molecule has 14 heteroatoms. The van der Waals surface area contributed by atoms with Gasteiger partial charge in [0.15, 0.2) is 12.4 Å². The van der Waals surface area contributed by atoms with E-state index < -0.39 is 76.2 Å². The van der Waals surface area contributed by atoms with Crippen LogP contribution in [0.25, 0.3) is 0 Å². The number of hydrogen-bond donors (Lipinski definition) is 6. The van der Waals surface area contributed by atoms with E-state index in [0.717, 1.165) is 12.8 Å². The smallest absolute Gasteiger partial charge is 0.397 e. The second-order valence-electron chi connectivity index (χ2n) is 16.3. The van der Waals surface area contributed by atoms with Gasteiger partial charge in [-0.05, 0) is 92.3 Å². The predicted molar refractivity (Wildman–Crippen MR) is 170 cm³/mol. The number of Topliss-reactive ketones (excluding diaryl/α,β-unsaturated/α-hetero) is 1. The highest BCUT2D eigenvalue weighted by Gasteiger charge is 2.63. The molecule has 4 fully saturated rings. The molecule has 0 spiro atoms. The lowest BCUT2D eigenvalue weighted by Gasteiger charge is -2.59. The van der Waals surface area contributed by atoms with E-state index in [1.54, 1.807) is 6.92 Å². The Kier molecular flexibility index (Phi) is 10.4. The topological polar surface area (TPSA) is 217 Å². The molecule has 13 nitrogen and oxygen atoms in total. The van der Waals surface area contributed by atoms with E-state index >= 15 is 0 Å². The number of carbonyl (C=O) groups excluding carboxylic acids is 1. The number of carbonyl (C=O) groups is 2. The van der Waals surface area contributed by atoms with Crippen LogP contribution in [0.1, 0.15) is 92.9 Å². The third kappa shape index (κ3) is 6.78. The van der Waals surface area contributed by atoms with E-state index in [1.165, 1.54) is 5.57 Å². The molecule has 0 amide bonds. The zero-order valence-corrected chi connectivity index (χ0v) is 29.5. The summed E-state index contributed by atoms with van der Waals surface area (Å²) in [5, 5.41) is 52.1. The molecule has 1 heterocycles.